The lowest BCUT2D eigenvalue weighted by molar-refractivity contribution is 0.530. The first-order valence-corrected chi connectivity index (χ1v) is 6.35. The molecule has 1 N–H and O–H groups in total. The molecule has 0 atom stereocenters. The molecule has 0 saturated carbocycles. The van der Waals surface area contributed by atoms with Crippen molar-refractivity contribution in [3.05, 3.63) is 33.6 Å². The Balaban J connectivity index is 2.29. The molecule has 0 aliphatic heterocycles. The van der Waals surface area contributed by atoms with Gasteiger partial charge in [-0.2, -0.15) is 0 Å². The van der Waals surface area contributed by atoms with Gasteiger partial charge in [-0.3, -0.25) is 0 Å². The number of rotatable bonds is 3. The molecule has 6 heteroatoms. The number of nitrogens with one attached hydrogen (secondary N) is 1. The summed E-state index contributed by atoms with van der Waals surface area (Å²) in [5, 5.41) is 10.8. The minimum absolute atomic E-state index is 0.215. The summed E-state index contributed by atoms with van der Waals surface area (Å²) in [6.07, 6.45) is 0. The monoisotopic (exact) mass is 315 g/mol. The van der Waals surface area contributed by atoms with E-state index in [2.05, 4.69) is 31.4 Å². The highest BCUT2D eigenvalue weighted by atomic mass is 79.9. The topological polar surface area (TPSA) is 51.0 Å². The van der Waals surface area contributed by atoms with Crippen LogP contribution < -0.4 is 5.32 Å². The van der Waals surface area contributed by atoms with Gasteiger partial charge in [0.1, 0.15) is 5.88 Å². The van der Waals surface area contributed by atoms with Gasteiger partial charge in [0, 0.05) is 10.2 Å². The summed E-state index contributed by atoms with van der Waals surface area (Å²) in [7, 11) is 0. The zero-order chi connectivity index (χ0) is 12.4. The van der Waals surface area contributed by atoms with Crippen molar-refractivity contribution in [2.24, 2.45) is 0 Å². The Morgan fingerprint density at radius 3 is 2.47 bits per heavy atom. The van der Waals surface area contributed by atoms with Crippen LogP contribution in [0.1, 0.15) is 17.0 Å². The molecule has 0 spiro atoms. The summed E-state index contributed by atoms with van der Waals surface area (Å²) < 4.78 is 6.35. The van der Waals surface area contributed by atoms with E-state index in [1.54, 1.807) is 0 Å². The zero-order valence-electron chi connectivity index (χ0n) is 9.42. The first-order valence-electron chi connectivity index (χ1n) is 5.02. The summed E-state index contributed by atoms with van der Waals surface area (Å²) in [5.74, 6) is 0.620. The fraction of sp³-hybridized carbons (Fsp3) is 0.273. The molecule has 0 amide bonds. The number of nitrogens with zero attached hydrogens (tertiary/aromatic N) is 2. The SMILES string of the molecule is Cc1cc(Br)cc(C)c1Nc1nnc(CCl)o1. The highest BCUT2D eigenvalue weighted by Crippen LogP contribution is 2.27. The van der Waals surface area contributed by atoms with Crippen LogP contribution in [0.2, 0.25) is 0 Å². The Morgan fingerprint density at radius 2 is 1.94 bits per heavy atom. The minimum Gasteiger partial charge on any atom is -0.407 e. The molecule has 1 heterocycles. The van der Waals surface area contributed by atoms with E-state index in [-0.39, 0.29) is 5.88 Å². The molecule has 0 aliphatic carbocycles. The molecule has 17 heavy (non-hydrogen) atoms. The zero-order valence-corrected chi connectivity index (χ0v) is 11.8. The summed E-state index contributed by atoms with van der Waals surface area (Å²) in [4.78, 5) is 0. The van der Waals surface area contributed by atoms with Crippen LogP contribution in [0.15, 0.2) is 21.0 Å². The van der Waals surface area contributed by atoms with Gasteiger partial charge in [-0.25, -0.2) is 0 Å². The Hall–Kier alpha value is -1.07. The Bertz CT molecular complexity index is 518. The fourth-order valence-corrected chi connectivity index (χ4v) is 2.37. The standard InChI is InChI=1S/C11H11BrClN3O/c1-6-3-8(12)4-7(2)10(6)14-11-16-15-9(5-13)17-11/h3-4H,5H2,1-2H3,(H,14,16). The van der Waals surface area contributed by atoms with Gasteiger partial charge in [0.15, 0.2) is 0 Å². The second-order valence-electron chi connectivity index (χ2n) is 3.67. The van der Waals surface area contributed by atoms with Crippen LogP contribution in [0.4, 0.5) is 11.7 Å². The number of aryl methyl sites for hydroxylation is 2. The molecule has 90 valence electrons. The van der Waals surface area contributed by atoms with Gasteiger partial charge < -0.3 is 9.73 Å². The lowest BCUT2D eigenvalue weighted by atomic mass is 10.1. The number of aromatic nitrogens is 2. The van der Waals surface area contributed by atoms with E-state index in [1.807, 2.05) is 26.0 Å². The number of alkyl halides is 1. The summed E-state index contributed by atoms with van der Waals surface area (Å²) in [6, 6.07) is 4.40. The molecule has 1 aromatic carbocycles. The summed E-state index contributed by atoms with van der Waals surface area (Å²) >= 11 is 9.05. The average molecular weight is 317 g/mol. The lowest BCUT2D eigenvalue weighted by Crippen LogP contribution is -1.96. The molecule has 2 aromatic rings. The molecule has 0 bridgehead atoms. The molecular weight excluding hydrogens is 305 g/mol. The van der Waals surface area contributed by atoms with Crippen molar-refractivity contribution in [2.45, 2.75) is 19.7 Å². The van der Waals surface area contributed by atoms with Crippen molar-refractivity contribution in [2.75, 3.05) is 5.32 Å². The van der Waals surface area contributed by atoms with Gasteiger partial charge >= 0.3 is 6.01 Å². The predicted molar refractivity (Wildman–Crippen MR) is 70.8 cm³/mol. The summed E-state index contributed by atoms with van der Waals surface area (Å²) in [6.45, 7) is 4.03. The van der Waals surface area contributed by atoms with Gasteiger partial charge in [0.05, 0.1) is 0 Å². The van der Waals surface area contributed by atoms with Crippen molar-refractivity contribution < 1.29 is 4.42 Å². The minimum atomic E-state index is 0.215. The molecule has 0 unspecified atom stereocenters. The van der Waals surface area contributed by atoms with Gasteiger partial charge in [0.2, 0.25) is 5.89 Å². The molecule has 0 saturated heterocycles. The van der Waals surface area contributed by atoms with E-state index >= 15 is 0 Å². The van der Waals surface area contributed by atoms with E-state index in [9.17, 15) is 0 Å². The van der Waals surface area contributed by atoms with Crippen molar-refractivity contribution >= 4 is 39.2 Å². The summed E-state index contributed by atoms with van der Waals surface area (Å²) in [5.41, 5.74) is 3.17. The van der Waals surface area contributed by atoms with Crippen molar-refractivity contribution in [3.63, 3.8) is 0 Å². The number of hydrogen-bond donors (Lipinski definition) is 1. The first-order chi connectivity index (χ1) is 8.10. The van der Waals surface area contributed by atoms with E-state index in [4.69, 9.17) is 16.0 Å². The van der Waals surface area contributed by atoms with Crippen molar-refractivity contribution in [1.82, 2.24) is 10.2 Å². The number of anilines is 2. The number of halogens is 2. The second-order valence-corrected chi connectivity index (χ2v) is 4.86. The van der Waals surface area contributed by atoms with Crippen LogP contribution in [0.25, 0.3) is 0 Å². The molecule has 1 aromatic heterocycles. The predicted octanol–water partition coefficient (Wildman–Crippen LogP) is 3.93. The van der Waals surface area contributed by atoms with Gasteiger partial charge in [-0.05, 0) is 37.1 Å². The van der Waals surface area contributed by atoms with Crippen LogP contribution in [-0.2, 0) is 5.88 Å². The second kappa shape index (κ2) is 5.06. The molecular formula is C11H11BrClN3O. The third kappa shape index (κ3) is 2.79. The molecule has 2 rings (SSSR count). The molecule has 0 radical (unpaired) electrons. The molecule has 0 fully saturated rings. The van der Waals surface area contributed by atoms with Crippen LogP contribution in [0, 0.1) is 13.8 Å². The smallest absolute Gasteiger partial charge is 0.320 e. The maximum absolute atomic E-state index is 5.60. The van der Waals surface area contributed by atoms with Crippen molar-refractivity contribution in [1.29, 1.82) is 0 Å². The fourth-order valence-electron chi connectivity index (χ4n) is 1.57. The quantitative estimate of drug-likeness (QED) is 0.872. The largest absolute Gasteiger partial charge is 0.407 e. The first kappa shape index (κ1) is 12.4. The number of benzene rings is 1. The molecule has 4 nitrogen and oxygen atoms in total. The van der Waals surface area contributed by atoms with E-state index in [0.717, 1.165) is 21.3 Å². The number of hydrogen-bond acceptors (Lipinski definition) is 4. The Labute approximate surface area is 113 Å². The van der Waals surface area contributed by atoms with Crippen molar-refractivity contribution in [3.8, 4) is 0 Å². The molecule has 0 aliphatic rings. The van der Waals surface area contributed by atoms with Gasteiger partial charge in [-0.1, -0.05) is 21.0 Å². The Kier molecular flexibility index (Phi) is 3.69. The van der Waals surface area contributed by atoms with Gasteiger partial charge in [0.25, 0.3) is 0 Å². The third-order valence-electron chi connectivity index (χ3n) is 2.31. The van der Waals surface area contributed by atoms with E-state index in [1.165, 1.54) is 0 Å². The maximum atomic E-state index is 5.60. The van der Waals surface area contributed by atoms with E-state index in [0.29, 0.717) is 11.9 Å². The average Bonchev–Trinajstić information content (AvgIpc) is 2.71. The normalized spacial score (nSPS) is 10.6. The highest BCUT2D eigenvalue weighted by Gasteiger charge is 2.09. The maximum Gasteiger partial charge on any atom is 0.320 e. The van der Waals surface area contributed by atoms with E-state index < -0.39 is 0 Å². The van der Waals surface area contributed by atoms with Gasteiger partial charge in [-0.15, -0.1) is 16.7 Å². The van der Waals surface area contributed by atoms with Crippen LogP contribution in [0.5, 0.6) is 0 Å². The Morgan fingerprint density at radius 1 is 1.29 bits per heavy atom. The van der Waals surface area contributed by atoms with Crippen LogP contribution in [0.3, 0.4) is 0 Å². The lowest BCUT2D eigenvalue weighted by Gasteiger charge is -2.10. The third-order valence-corrected chi connectivity index (χ3v) is 3.00. The highest BCUT2D eigenvalue weighted by molar-refractivity contribution is 9.10. The van der Waals surface area contributed by atoms with Crippen LogP contribution >= 0.6 is 27.5 Å². The van der Waals surface area contributed by atoms with Crippen LogP contribution in [-0.4, -0.2) is 10.2 Å².